The van der Waals surface area contributed by atoms with Gasteiger partial charge in [0.25, 0.3) is 5.91 Å². The topological polar surface area (TPSA) is 73.9 Å². The molecule has 1 aliphatic rings. The van der Waals surface area contributed by atoms with Crippen LogP contribution in [0, 0.1) is 0 Å². The van der Waals surface area contributed by atoms with Gasteiger partial charge in [0.1, 0.15) is 11.5 Å². The molecule has 1 aliphatic heterocycles. The lowest BCUT2D eigenvalue weighted by atomic mass is 10.0. The van der Waals surface area contributed by atoms with E-state index in [0.29, 0.717) is 22.7 Å². The van der Waals surface area contributed by atoms with E-state index in [1.54, 1.807) is 37.4 Å². The van der Waals surface area contributed by atoms with Crippen molar-refractivity contribution in [3.63, 3.8) is 0 Å². The van der Waals surface area contributed by atoms with Crippen molar-refractivity contribution in [3.05, 3.63) is 120 Å². The Morgan fingerprint density at radius 2 is 1.48 bits per heavy atom. The van der Waals surface area contributed by atoms with Crippen molar-refractivity contribution < 1.29 is 14.3 Å². The molecule has 2 N–H and O–H groups in total. The predicted octanol–water partition coefficient (Wildman–Crippen LogP) is 6.54. The molecule has 0 radical (unpaired) electrons. The predicted molar refractivity (Wildman–Crippen MR) is 159 cm³/mol. The number of likely N-dealkylation sites (tertiary alicyclic amines) is 1. The Hall–Kier alpha value is -4.62. The Morgan fingerprint density at radius 1 is 0.825 bits per heavy atom. The number of ether oxygens (including phenoxy) is 1. The van der Waals surface area contributed by atoms with E-state index in [-0.39, 0.29) is 18.0 Å². The van der Waals surface area contributed by atoms with Gasteiger partial charge in [0.05, 0.1) is 0 Å². The number of rotatable bonds is 8. The number of hydrogen-bond donors (Lipinski definition) is 2. The van der Waals surface area contributed by atoms with Crippen LogP contribution in [0.5, 0.6) is 11.5 Å². The van der Waals surface area contributed by atoms with E-state index in [1.807, 2.05) is 54.6 Å². The van der Waals surface area contributed by atoms with Crippen molar-refractivity contribution in [1.29, 1.82) is 0 Å². The Labute approximate surface area is 235 Å². The monoisotopic (exact) mass is 534 g/mol. The zero-order valence-corrected chi connectivity index (χ0v) is 22.6. The summed E-state index contributed by atoms with van der Waals surface area (Å²) in [5, 5.41) is 6.08. The van der Waals surface area contributed by atoms with E-state index < -0.39 is 0 Å². The van der Waals surface area contributed by atoms with Crippen molar-refractivity contribution in [3.8, 4) is 11.5 Å². The first-order valence-electron chi connectivity index (χ1n) is 13.6. The van der Waals surface area contributed by atoms with Gasteiger partial charge < -0.3 is 15.4 Å². The molecule has 4 aromatic carbocycles. The molecule has 7 nitrogen and oxygen atoms in total. The molecule has 0 aliphatic carbocycles. The second kappa shape index (κ2) is 13.0. The molecule has 0 bridgehead atoms. The van der Waals surface area contributed by atoms with Crippen molar-refractivity contribution in [1.82, 2.24) is 10.2 Å². The van der Waals surface area contributed by atoms with Gasteiger partial charge in [-0.2, -0.15) is 0 Å². The van der Waals surface area contributed by atoms with Gasteiger partial charge in [-0.25, -0.2) is 4.79 Å². The number of carbonyl (C=O) groups is 2. The van der Waals surface area contributed by atoms with Gasteiger partial charge in [-0.15, -0.1) is 0 Å². The summed E-state index contributed by atoms with van der Waals surface area (Å²) in [6, 6.07) is 34.2. The summed E-state index contributed by atoms with van der Waals surface area (Å²) in [6.45, 7) is 2.86. The highest BCUT2D eigenvalue weighted by Gasteiger charge is 2.21. The van der Waals surface area contributed by atoms with Gasteiger partial charge in [0.15, 0.2) is 0 Å². The standard InChI is InChI=1S/C33H34N4O3/c1-36(33(39)35-28-11-8-14-31(23-28)40-30-12-6-3-7-13-30)29-17-15-26(16-18-29)32(38)34-27-19-21-37(22-20-27)24-25-9-4-2-5-10-25/h2-18,23,27H,19-22,24H2,1H3,(H,34,38)(H,35,39). The number of para-hydroxylation sites is 1. The second-order valence-electron chi connectivity index (χ2n) is 9.99. The van der Waals surface area contributed by atoms with Crippen LogP contribution in [-0.2, 0) is 6.54 Å². The molecule has 4 aromatic rings. The highest BCUT2D eigenvalue weighted by atomic mass is 16.5. The Kier molecular flexibility index (Phi) is 8.73. The highest BCUT2D eigenvalue weighted by molar-refractivity contribution is 6.02. The van der Waals surface area contributed by atoms with Crippen LogP contribution in [0.15, 0.2) is 109 Å². The van der Waals surface area contributed by atoms with E-state index >= 15 is 0 Å². The Balaban J connectivity index is 1.10. The molecule has 204 valence electrons. The van der Waals surface area contributed by atoms with Gasteiger partial charge in [-0.3, -0.25) is 14.6 Å². The third-order valence-corrected chi connectivity index (χ3v) is 7.06. The third-order valence-electron chi connectivity index (χ3n) is 7.06. The lowest BCUT2D eigenvalue weighted by molar-refractivity contribution is 0.0909. The number of hydrogen-bond acceptors (Lipinski definition) is 4. The number of urea groups is 1. The molecule has 1 fully saturated rings. The Bertz CT molecular complexity index is 1400. The minimum atomic E-state index is -0.295. The molecule has 0 aromatic heterocycles. The lowest BCUT2D eigenvalue weighted by Crippen LogP contribution is -2.44. The largest absolute Gasteiger partial charge is 0.457 e. The molecule has 3 amide bonds. The fraction of sp³-hybridized carbons (Fsp3) is 0.212. The van der Waals surface area contributed by atoms with Crippen LogP contribution in [-0.4, -0.2) is 43.0 Å². The molecule has 7 heteroatoms. The van der Waals surface area contributed by atoms with Crippen LogP contribution in [0.3, 0.4) is 0 Å². The second-order valence-corrected chi connectivity index (χ2v) is 9.99. The van der Waals surface area contributed by atoms with Gasteiger partial charge in [0, 0.05) is 55.7 Å². The molecule has 0 atom stereocenters. The third kappa shape index (κ3) is 7.27. The first kappa shape index (κ1) is 27.0. The molecule has 1 heterocycles. The van der Waals surface area contributed by atoms with Gasteiger partial charge in [-0.1, -0.05) is 54.6 Å². The van der Waals surface area contributed by atoms with Crippen LogP contribution in [0.1, 0.15) is 28.8 Å². The molecular formula is C33H34N4O3. The number of piperidine rings is 1. The minimum Gasteiger partial charge on any atom is -0.457 e. The van der Waals surface area contributed by atoms with E-state index in [2.05, 4.69) is 39.8 Å². The summed E-state index contributed by atoms with van der Waals surface area (Å²) in [4.78, 5) is 29.7. The summed E-state index contributed by atoms with van der Waals surface area (Å²) >= 11 is 0. The summed E-state index contributed by atoms with van der Waals surface area (Å²) in [5.74, 6) is 1.26. The number of nitrogens with one attached hydrogen (secondary N) is 2. The van der Waals surface area contributed by atoms with Crippen LogP contribution >= 0.6 is 0 Å². The molecule has 0 saturated carbocycles. The maximum atomic E-state index is 12.9. The summed E-state index contributed by atoms with van der Waals surface area (Å²) in [6.07, 6.45) is 1.86. The van der Waals surface area contributed by atoms with Gasteiger partial charge >= 0.3 is 6.03 Å². The summed E-state index contributed by atoms with van der Waals surface area (Å²) in [7, 11) is 1.69. The van der Waals surface area contributed by atoms with E-state index in [9.17, 15) is 9.59 Å². The van der Waals surface area contributed by atoms with E-state index in [0.717, 1.165) is 38.2 Å². The molecule has 5 rings (SSSR count). The first-order chi connectivity index (χ1) is 19.5. The number of amides is 3. The van der Waals surface area contributed by atoms with Crippen molar-refractivity contribution in [2.45, 2.75) is 25.4 Å². The molecule has 0 unspecified atom stereocenters. The van der Waals surface area contributed by atoms with Crippen molar-refractivity contribution in [2.75, 3.05) is 30.4 Å². The van der Waals surface area contributed by atoms with Crippen LogP contribution in [0.25, 0.3) is 0 Å². The maximum Gasteiger partial charge on any atom is 0.326 e. The Morgan fingerprint density at radius 3 is 2.17 bits per heavy atom. The van der Waals surface area contributed by atoms with Crippen molar-refractivity contribution in [2.24, 2.45) is 0 Å². The van der Waals surface area contributed by atoms with Crippen LogP contribution < -0.4 is 20.3 Å². The number of nitrogens with zero attached hydrogens (tertiary/aromatic N) is 2. The van der Waals surface area contributed by atoms with Crippen LogP contribution in [0.4, 0.5) is 16.2 Å². The maximum absolute atomic E-state index is 12.9. The fourth-order valence-corrected chi connectivity index (χ4v) is 4.77. The van der Waals surface area contributed by atoms with E-state index in [1.165, 1.54) is 10.5 Å². The smallest absolute Gasteiger partial charge is 0.326 e. The zero-order chi connectivity index (χ0) is 27.7. The number of benzene rings is 4. The summed E-state index contributed by atoms with van der Waals surface area (Å²) in [5.41, 5.74) is 3.19. The average Bonchev–Trinajstić information content (AvgIpc) is 2.99. The number of anilines is 2. The fourth-order valence-electron chi connectivity index (χ4n) is 4.77. The average molecular weight is 535 g/mol. The molecular weight excluding hydrogens is 500 g/mol. The van der Waals surface area contributed by atoms with Gasteiger partial charge in [-0.05, 0) is 66.9 Å². The van der Waals surface area contributed by atoms with E-state index in [4.69, 9.17) is 4.74 Å². The first-order valence-corrected chi connectivity index (χ1v) is 13.6. The molecule has 0 spiro atoms. The highest BCUT2D eigenvalue weighted by Crippen LogP contribution is 2.24. The van der Waals surface area contributed by atoms with Crippen molar-refractivity contribution >= 4 is 23.3 Å². The number of carbonyl (C=O) groups excluding carboxylic acids is 2. The zero-order valence-electron chi connectivity index (χ0n) is 22.6. The normalized spacial score (nSPS) is 13.8. The molecule has 1 saturated heterocycles. The molecule has 40 heavy (non-hydrogen) atoms. The quantitative estimate of drug-likeness (QED) is 0.269. The minimum absolute atomic E-state index is 0.0876. The SMILES string of the molecule is CN(C(=O)Nc1cccc(Oc2ccccc2)c1)c1ccc(C(=O)NC2CCN(Cc3ccccc3)CC2)cc1. The lowest BCUT2D eigenvalue weighted by Gasteiger charge is -2.32. The van der Waals surface area contributed by atoms with Crippen LogP contribution in [0.2, 0.25) is 0 Å². The summed E-state index contributed by atoms with van der Waals surface area (Å²) < 4.78 is 5.86. The van der Waals surface area contributed by atoms with Gasteiger partial charge in [0.2, 0.25) is 0 Å².